The molecule has 0 aliphatic rings. The van der Waals surface area contributed by atoms with Crippen LogP contribution >= 0.6 is 10.7 Å². The van der Waals surface area contributed by atoms with Crippen LogP contribution in [0.25, 0.3) is 0 Å². The van der Waals surface area contributed by atoms with Gasteiger partial charge in [0, 0.05) is 17.1 Å². The van der Waals surface area contributed by atoms with Crippen LogP contribution in [0.1, 0.15) is 5.56 Å². The van der Waals surface area contributed by atoms with E-state index in [1.54, 1.807) is 30.3 Å². The molecule has 0 aromatic heterocycles. The molecular formula is C11H13ClN2O5S. The van der Waals surface area contributed by atoms with Crippen LogP contribution in [0.2, 0.25) is 0 Å². The lowest BCUT2D eigenvalue weighted by Gasteiger charge is -2.16. The molecule has 0 radical (unpaired) electrons. The van der Waals surface area contributed by atoms with Crippen molar-refractivity contribution in [1.29, 1.82) is 0 Å². The number of benzene rings is 1. The highest BCUT2D eigenvalue weighted by Gasteiger charge is 2.23. The van der Waals surface area contributed by atoms with Crippen molar-refractivity contribution in [2.24, 2.45) is 0 Å². The molecular weight excluding hydrogens is 308 g/mol. The lowest BCUT2D eigenvalue weighted by atomic mass is 10.1. The van der Waals surface area contributed by atoms with E-state index in [0.717, 1.165) is 12.7 Å². The van der Waals surface area contributed by atoms with Crippen LogP contribution in [-0.2, 0) is 25.2 Å². The second-order valence-corrected chi connectivity index (χ2v) is 6.08. The van der Waals surface area contributed by atoms with Gasteiger partial charge in [-0.15, -0.1) is 0 Å². The highest BCUT2D eigenvalue weighted by Crippen LogP contribution is 2.04. The summed E-state index contributed by atoms with van der Waals surface area (Å²) in [5.74, 6) is -0.698. The first-order valence-corrected chi connectivity index (χ1v) is 7.77. The van der Waals surface area contributed by atoms with Crippen LogP contribution in [-0.4, -0.2) is 33.6 Å². The van der Waals surface area contributed by atoms with Crippen LogP contribution in [0.3, 0.4) is 0 Å². The quantitative estimate of drug-likeness (QED) is 0.609. The lowest BCUT2D eigenvalue weighted by Crippen LogP contribution is -2.48. The number of ether oxygens (including phenoxy) is 1. The summed E-state index contributed by atoms with van der Waals surface area (Å²) in [6.07, 6.45) is 0.156. The van der Waals surface area contributed by atoms with E-state index in [0.29, 0.717) is 0 Å². The number of hydrogen-bond donors (Lipinski definition) is 2. The fourth-order valence-electron chi connectivity index (χ4n) is 1.48. The van der Waals surface area contributed by atoms with E-state index in [9.17, 15) is 18.0 Å². The standard InChI is InChI=1S/C11H13ClN2O5S/c1-19-10(15)9(7-8-5-3-2-4-6-8)13-11(16)14-20(12,17)18/h2-6,9H,7H2,1H3,(H2,13,14,16)/t9-/m0/s1. The number of hydrogen-bond acceptors (Lipinski definition) is 5. The molecule has 0 aliphatic heterocycles. The smallest absolute Gasteiger partial charge is 0.330 e. The molecule has 1 atom stereocenters. The molecule has 2 amide bonds. The summed E-state index contributed by atoms with van der Waals surface area (Å²) in [6, 6.07) is 6.73. The Balaban J connectivity index is 2.75. The molecule has 9 heteroatoms. The van der Waals surface area contributed by atoms with Gasteiger partial charge in [-0.05, 0) is 5.56 Å². The summed E-state index contributed by atoms with van der Waals surface area (Å²) in [4.78, 5) is 23.0. The molecule has 0 fully saturated rings. The molecule has 1 aromatic rings. The van der Waals surface area contributed by atoms with Crippen molar-refractivity contribution in [3.63, 3.8) is 0 Å². The zero-order valence-electron chi connectivity index (χ0n) is 10.5. The molecule has 0 aliphatic carbocycles. The largest absolute Gasteiger partial charge is 0.467 e. The molecule has 0 bridgehead atoms. The SMILES string of the molecule is COC(=O)[C@H](Cc1ccccc1)NC(=O)NS(=O)(=O)Cl. The number of urea groups is 1. The van der Waals surface area contributed by atoms with Crippen molar-refractivity contribution in [3.05, 3.63) is 35.9 Å². The molecule has 1 rings (SSSR count). The molecule has 110 valence electrons. The number of carbonyl (C=O) groups is 2. The maximum absolute atomic E-state index is 11.6. The van der Waals surface area contributed by atoms with Gasteiger partial charge in [0.25, 0.3) is 0 Å². The predicted octanol–water partition coefficient (Wildman–Crippen LogP) is 0.554. The van der Waals surface area contributed by atoms with E-state index in [1.807, 2.05) is 0 Å². The van der Waals surface area contributed by atoms with E-state index < -0.39 is 27.3 Å². The summed E-state index contributed by atoms with van der Waals surface area (Å²) in [5, 5.41) is 2.18. The fourth-order valence-corrected chi connectivity index (χ4v) is 1.97. The first-order valence-electron chi connectivity index (χ1n) is 5.46. The lowest BCUT2D eigenvalue weighted by molar-refractivity contribution is -0.142. The van der Waals surface area contributed by atoms with Crippen molar-refractivity contribution in [2.45, 2.75) is 12.5 Å². The Morgan fingerprint density at radius 3 is 2.40 bits per heavy atom. The van der Waals surface area contributed by atoms with Gasteiger partial charge in [0.15, 0.2) is 0 Å². The van der Waals surface area contributed by atoms with Crippen molar-refractivity contribution >= 4 is 31.9 Å². The fraction of sp³-hybridized carbons (Fsp3) is 0.273. The summed E-state index contributed by atoms with van der Waals surface area (Å²) >= 11 is 0. The third-order valence-electron chi connectivity index (χ3n) is 2.29. The minimum atomic E-state index is -4.22. The Morgan fingerprint density at radius 1 is 1.30 bits per heavy atom. The Morgan fingerprint density at radius 2 is 1.90 bits per heavy atom. The summed E-state index contributed by atoms with van der Waals surface area (Å²) < 4.78 is 27.4. The van der Waals surface area contributed by atoms with Crippen LogP contribution in [0.5, 0.6) is 0 Å². The predicted molar refractivity (Wildman–Crippen MR) is 72.4 cm³/mol. The molecule has 2 N–H and O–H groups in total. The molecule has 0 saturated heterocycles. The van der Waals surface area contributed by atoms with E-state index in [2.05, 4.69) is 10.1 Å². The normalized spacial score (nSPS) is 12.3. The van der Waals surface area contributed by atoms with Gasteiger partial charge in [-0.3, -0.25) is 0 Å². The van der Waals surface area contributed by atoms with E-state index in [1.165, 1.54) is 4.72 Å². The third kappa shape index (κ3) is 5.89. The number of methoxy groups -OCH3 is 1. The zero-order valence-corrected chi connectivity index (χ0v) is 12.1. The van der Waals surface area contributed by atoms with E-state index in [4.69, 9.17) is 10.7 Å². The van der Waals surface area contributed by atoms with Crippen molar-refractivity contribution in [3.8, 4) is 0 Å². The summed E-state index contributed by atoms with van der Waals surface area (Å²) in [6.45, 7) is 0. The zero-order chi connectivity index (χ0) is 15.2. The second kappa shape index (κ2) is 7.11. The number of nitrogens with one attached hydrogen (secondary N) is 2. The third-order valence-corrected chi connectivity index (χ3v) is 2.95. The van der Waals surface area contributed by atoms with Gasteiger partial charge in [0.2, 0.25) is 0 Å². The summed E-state index contributed by atoms with van der Waals surface area (Å²) in [5.41, 5.74) is 0.775. The molecule has 0 unspecified atom stereocenters. The van der Waals surface area contributed by atoms with Gasteiger partial charge in [-0.25, -0.2) is 14.3 Å². The van der Waals surface area contributed by atoms with Crippen molar-refractivity contribution in [2.75, 3.05) is 7.11 Å². The first kappa shape index (κ1) is 16.3. The van der Waals surface area contributed by atoms with Gasteiger partial charge in [-0.2, -0.15) is 8.42 Å². The van der Waals surface area contributed by atoms with Crippen molar-refractivity contribution < 1.29 is 22.7 Å². The maximum atomic E-state index is 11.6. The molecule has 0 heterocycles. The highest BCUT2D eigenvalue weighted by atomic mass is 35.7. The number of carbonyl (C=O) groups excluding carboxylic acids is 2. The molecule has 0 spiro atoms. The van der Waals surface area contributed by atoms with Gasteiger partial charge in [-0.1, -0.05) is 30.3 Å². The minimum Gasteiger partial charge on any atom is -0.467 e. The number of rotatable bonds is 5. The minimum absolute atomic E-state index is 0.156. The topological polar surface area (TPSA) is 102 Å². The van der Waals surface area contributed by atoms with Crippen LogP contribution in [0.4, 0.5) is 4.79 Å². The van der Waals surface area contributed by atoms with E-state index in [-0.39, 0.29) is 6.42 Å². The monoisotopic (exact) mass is 320 g/mol. The average molecular weight is 321 g/mol. The number of amides is 2. The van der Waals surface area contributed by atoms with Gasteiger partial charge in [0.05, 0.1) is 7.11 Å². The maximum Gasteiger partial charge on any atom is 0.330 e. The highest BCUT2D eigenvalue weighted by molar-refractivity contribution is 8.12. The molecule has 20 heavy (non-hydrogen) atoms. The van der Waals surface area contributed by atoms with Crippen molar-refractivity contribution in [1.82, 2.24) is 10.0 Å². The van der Waals surface area contributed by atoms with Crippen LogP contribution in [0.15, 0.2) is 30.3 Å². The van der Waals surface area contributed by atoms with Crippen LogP contribution < -0.4 is 10.0 Å². The average Bonchev–Trinajstić information content (AvgIpc) is 2.36. The molecule has 1 aromatic carbocycles. The second-order valence-electron chi connectivity index (χ2n) is 3.78. The Hall–Kier alpha value is -1.80. The first-order chi connectivity index (χ1) is 9.31. The Bertz CT molecular complexity index is 576. The van der Waals surface area contributed by atoms with Gasteiger partial charge >= 0.3 is 21.2 Å². The van der Waals surface area contributed by atoms with Gasteiger partial charge in [0.1, 0.15) is 6.04 Å². The Kier molecular flexibility index (Phi) is 5.78. The van der Waals surface area contributed by atoms with Gasteiger partial charge < -0.3 is 10.1 Å². The molecule has 0 saturated carbocycles. The number of esters is 1. The van der Waals surface area contributed by atoms with Crippen LogP contribution in [0, 0.1) is 0 Å². The Labute approximate surface area is 120 Å². The molecule has 7 nitrogen and oxygen atoms in total. The summed E-state index contributed by atoms with van der Waals surface area (Å²) in [7, 11) is 1.82. The van der Waals surface area contributed by atoms with E-state index >= 15 is 0 Å². The number of halogens is 1.